The van der Waals surface area contributed by atoms with Gasteiger partial charge in [0.25, 0.3) is 0 Å². The summed E-state index contributed by atoms with van der Waals surface area (Å²) < 4.78 is 10.2. The second-order valence-electron chi connectivity index (χ2n) is 4.98. The van der Waals surface area contributed by atoms with E-state index in [9.17, 15) is 4.79 Å². The molecule has 0 bridgehead atoms. The van der Waals surface area contributed by atoms with Crippen LogP contribution in [-0.4, -0.2) is 16.1 Å². The summed E-state index contributed by atoms with van der Waals surface area (Å²) >= 11 is 0. The van der Waals surface area contributed by atoms with E-state index >= 15 is 0 Å². The summed E-state index contributed by atoms with van der Waals surface area (Å²) in [5.41, 5.74) is 2.34. The van der Waals surface area contributed by atoms with Gasteiger partial charge in [0.15, 0.2) is 6.61 Å². The number of aromatic nitrogens is 2. The topological polar surface area (TPSA) is 65.2 Å². The van der Waals surface area contributed by atoms with E-state index in [-0.39, 0.29) is 18.5 Å². The molecule has 1 aliphatic rings. The first-order chi connectivity index (χ1) is 9.74. The molecule has 1 aromatic heterocycles. The summed E-state index contributed by atoms with van der Waals surface area (Å²) in [5.74, 6) is 0.492. The number of hydrogen-bond acceptors (Lipinski definition) is 5. The maximum atomic E-state index is 12.2. The normalized spacial score (nSPS) is 17.6. The molecule has 2 aromatic rings. The molecule has 0 radical (unpaired) electrons. The third kappa shape index (κ3) is 2.57. The van der Waals surface area contributed by atoms with Crippen LogP contribution < -0.4 is 0 Å². The Morgan fingerprint density at radius 3 is 3.10 bits per heavy atom. The Balaban J connectivity index is 1.69. The third-order valence-electron chi connectivity index (χ3n) is 3.57. The molecule has 3 rings (SSSR count). The maximum Gasteiger partial charge on any atom is 0.313 e. The van der Waals surface area contributed by atoms with E-state index in [0.717, 1.165) is 24.8 Å². The summed E-state index contributed by atoms with van der Waals surface area (Å²) in [7, 11) is 0. The van der Waals surface area contributed by atoms with Crippen molar-refractivity contribution < 1.29 is 14.1 Å². The molecule has 1 aromatic carbocycles. The lowest BCUT2D eigenvalue weighted by Gasteiger charge is -2.23. The lowest BCUT2D eigenvalue weighted by molar-refractivity contribution is -0.147. The van der Waals surface area contributed by atoms with E-state index < -0.39 is 0 Å². The van der Waals surface area contributed by atoms with Gasteiger partial charge in [-0.2, -0.15) is 4.98 Å². The van der Waals surface area contributed by atoms with Crippen molar-refractivity contribution in [3.05, 3.63) is 47.1 Å². The van der Waals surface area contributed by atoms with Crippen LogP contribution in [0.15, 0.2) is 28.8 Å². The van der Waals surface area contributed by atoms with Gasteiger partial charge in [-0.3, -0.25) is 4.79 Å². The Bertz CT molecular complexity index is 621. The number of esters is 1. The zero-order valence-corrected chi connectivity index (χ0v) is 11.3. The van der Waals surface area contributed by atoms with Crippen molar-refractivity contribution >= 4 is 5.97 Å². The van der Waals surface area contributed by atoms with Crippen molar-refractivity contribution in [2.45, 2.75) is 38.7 Å². The van der Waals surface area contributed by atoms with E-state index in [1.54, 1.807) is 6.92 Å². The molecule has 5 heteroatoms. The van der Waals surface area contributed by atoms with Crippen molar-refractivity contribution in [1.29, 1.82) is 0 Å². The predicted octanol–water partition coefficient (Wildman–Crippen LogP) is 2.54. The number of nitrogens with zero attached hydrogens (tertiary/aromatic N) is 2. The lowest BCUT2D eigenvalue weighted by atomic mass is 9.83. The molecule has 1 aliphatic carbocycles. The highest BCUT2D eigenvalue weighted by Gasteiger charge is 2.27. The molecule has 0 N–H and O–H groups in total. The SMILES string of the molecule is Cc1nc(COC(=O)[C@H]2CCCc3ccccc32)no1. The number of fused-ring (bicyclic) bond motifs is 1. The molecule has 1 heterocycles. The quantitative estimate of drug-likeness (QED) is 0.803. The van der Waals surface area contributed by atoms with E-state index in [1.807, 2.05) is 18.2 Å². The number of benzene rings is 1. The Morgan fingerprint density at radius 1 is 1.45 bits per heavy atom. The minimum Gasteiger partial charge on any atom is -0.457 e. The summed E-state index contributed by atoms with van der Waals surface area (Å²) in [6.07, 6.45) is 2.88. The molecule has 0 aliphatic heterocycles. The molecular formula is C15H16N2O3. The highest BCUT2D eigenvalue weighted by molar-refractivity contribution is 5.79. The molecule has 104 valence electrons. The van der Waals surface area contributed by atoms with E-state index in [2.05, 4.69) is 16.2 Å². The zero-order chi connectivity index (χ0) is 13.9. The standard InChI is InChI=1S/C15H16N2O3/c1-10-16-14(17-20-10)9-19-15(18)13-8-4-6-11-5-2-3-7-12(11)13/h2-3,5,7,13H,4,6,8-9H2,1H3/t13-/m0/s1. The first-order valence-electron chi connectivity index (χ1n) is 6.77. The lowest BCUT2D eigenvalue weighted by Crippen LogP contribution is -2.20. The van der Waals surface area contributed by atoms with Gasteiger partial charge in [-0.25, -0.2) is 0 Å². The average molecular weight is 272 g/mol. The van der Waals surface area contributed by atoms with Crippen LogP contribution in [0.2, 0.25) is 0 Å². The molecule has 5 nitrogen and oxygen atoms in total. The van der Waals surface area contributed by atoms with Crippen LogP contribution in [-0.2, 0) is 22.6 Å². The number of carbonyl (C=O) groups is 1. The van der Waals surface area contributed by atoms with Crippen LogP contribution in [0, 0.1) is 6.92 Å². The summed E-state index contributed by atoms with van der Waals surface area (Å²) in [4.78, 5) is 16.2. The molecule has 0 saturated carbocycles. The Morgan fingerprint density at radius 2 is 2.30 bits per heavy atom. The Labute approximate surface area is 116 Å². The van der Waals surface area contributed by atoms with Crippen molar-refractivity contribution in [2.75, 3.05) is 0 Å². The molecule has 1 atom stereocenters. The fourth-order valence-corrected chi connectivity index (χ4v) is 2.63. The van der Waals surface area contributed by atoms with Gasteiger partial charge in [0.2, 0.25) is 11.7 Å². The highest BCUT2D eigenvalue weighted by Crippen LogP contribution is 2.32. The van der Waals surface area contributed by atoms with Gasteiger partial charge < -0.3 is 9.26 Å². The number of ether oxygens (including phenoxy) is 1. The number of hydrogen-bond donors (Lipinski definition) is 0. The van der Waals surface area contributed by atoms with E-state index in [0.29, 0.717) is 11.7 Å². The first kappa shape index (κ1) is 12.8. The third-order valence-corrected chi connectivity index (χ3v) is 3.57. The van der Waals surface area contributed by atoms with Crippen molar-refractivity contribution in [1.82, 2.24) is 10.1 Å². The molecular weight excluding hydrogens is 256 g/mol. The maximum absolute atomic E-state index is 12.2. The van der Waals surface area contributed by atoms with Gasteiger partial charge in [-0.05, 0) is 30.4 Å². The molecule has 0 fully saturated rings. The fourth-order valence-electron chi connectivity index (χ4n) is 2.63. The minimum atomic E-state index is -0.209. The summed E-state index contributed by atoms with van der Waals surface area (Å²) in [6.45, 7) is 1.77. The Kier molecular flexibility index (Phi) is 3.50. The number of aryl methyl sites for hydroxylation is 2. The van der Waals surface area contributed by atoms with Gasteiger partial charge in [0.1, 0.15) is 0 Å². The smallest absolute Gasteiger partial charge is 0.313 e. The van der Waals surface area contributed by atoms with Crippen LogP contribution >= 0.6 is 0 Å². The van der Waals surface area contributed by atoms with Crippen molar-refractivity contribution in [2.24, 2.45) is 0 Å². The molecule has 0 amide bonds. The number of carbonyl (C=O) groups excluding carboxylic acids is 1. The van der Waals surface area contributed by atoms with Gasteiger partial charge in [0.05, 0.1) is 5.92 Å². The zero-order valence-electron chi connectivity index (χ0n) is 11.3. The molecule has 0 spiro atoms. The molecule has 0 unspecified atom stereocenters. The van der Waals surface area contributed by atoms with E-state index in [4.69, 9.17) is 9.26 Å². The number of rotatable bonds is 3. The van der Waals surface area contributed by atoms with Crippen LogP contribution in [0.4, 0.5) is 0 Å². The van der Waals surface area contributed by atoms with Gasteiger partial charge in [-0.15, -0.1) is 0 Å². The predicted molar refractivity (Wildman–Crippen MR) is 71.0 cm³/mol. The van der Waals surface area contributed by atoms with Crippen LogP contribution in [0.25, 0.3) is 0 Å². The Hall–Kier alpha value is -2.17. The molecule has 0 saturated heterocycles. The van der Waals surface area contributed by atoms with Crippen molar-refractivity contribution in [3.8, 4) is 0 Å². The second-order valence-corrected chi connectivity index (χ2v) is 4.98. The van der Waals surface area contributed by atoms with Gasteiger partial charge in [-0.1, -0.05) is 29.4 Å². The fraction of sp³-hybridized carbons (Fsp3) is 0.400. The van der Waals surface area contributed by atoms with Gasteiger partial charge in [0, 0.05) is 6.92 Å². The van der Waals surface area contributed by atoms with Gasteiger partial charge >= 0.3 is 5.97 Å². The molecule has 20 heavy (non-hydrogen) atoms. The van der Waals surface area contributed by atoms with Crippen molar-refractivity contribution in [3.63, 3.8) is 0 Å². The van der Waals surface area contributed by atoms with Crippen LogP contribution in [0.1, 0.15) is 41.6 Å². The van der Waals surface area contributed by atoms with Crippen LogP contribution in [0.5, 0.6) is 0 Å². The van der Waals surface area contributed by atoms with E-state index in [1.165, 1.54) is 5.56 Å². The minimum absolute atomic E-state index is 0.0643. The first-order valence-corrected chi connectivity index (χ1v) is 6.77. The summed E-state index contributed by atoms with van der Waals surface area (Å²) in [6, 6.07) is 8.07. The van der Waals surface area contributed by atoms with Crippen LogP contribution in [0.3, 0.4) is 0 Å². The largest absolute Gasteiger partial charge is 0.457 e. The summed E-state index contributed by atoms with van der Waals surface area (Å²) in [5, 5.41) is 3.71. The average Bonchev–Trinajstić information content (AvgIpc) is 2.90. The highest BCUT2D eigenvalue weighted by atomic mass is 16.5. The monoisotopic (exact) mass is 272 g/mol. The second kappa shape index (κ2) is 5.45.